The van der Waals surface area contributed by atoms with Crippen LogP contribution in [0.4, 0.5) is 11.6 Å². The summed E-state index contributed by atoms with van der Waals surface area (Å²) < 4.78 is 0. The van der Waals surface area contributed by atoms with Crippen molar-refractivity contribution >= 4 is 17.5 Å². The number of hydrogen-bond donors (Lipinski definition) is 2. The molecule has 2 N–H and O–H groups in total. The van der Waals surface area contributed by atoms with Crippen molar-refractivity contribution in [2.24, 2.45) is 0 Å². The molecule has 1 amide bonds. The normalized spacial score (nSPS) is 11.3. The molecular formula is C21H19N5O. The molecule has 0 saturated heterocycles. The first-order valence-corrected chi connectivity index (χ1v) is 8.54. The lowest BCUT2D eigenvalue weighted by Crippen LogP contribution is -2.17. The van der Waals surface area contributed by atoms with Gasteiger partial charge in [0.05, 0.1) is 17.7 Å². The highest BCUT2D eigenvalue weighted by Crippen LogP contribution is 2.17. The predicted molar refractivity (Wildman–Crippen MR) is 104 cm³/mol. The van der Waals surface area contributed by atoms with Crippen LogP contribution in [0.2, 0.25) is 0 Å². The molecule has 0 fully saturated rings. The first kappa shape index (κ1) is 18.1. The second-order valence-corrected chi connectivity index (χ2v) is 6.14. The Balaban J connectivity index is 1.78. The Labute approximate surface area is 157 Å². The van der Waals surface area contributed by atoms with Gasteiger partial charge in [0.25, 0.3) is 5.91 Å². The Morgan fingerprint density at radius 1 is 1.07 bits per heavy atom. The number of nitrogens with zero attached hydrogens (tertiary/aromatic N) is 3. The molecule has 1 atom stereocenters. The zero-order valence-electron chi connectivity index (χ0n) is 15.1. The third-order valence-electron chi connectivity index (χ3n) is 3.98. The van der Waals surface area contributed by atoms with Crippen LogP contribution in [0.25, 0.3) is 0 Å². The van der Waals surface area contributed by atoms with Crippen molar-refractivity contribution in [1.29, 1.82) is 5.26 Å². The van der Waals surface area contributed by atoms with Gasteiger partial charge in [-0.1, -0.05) is 36.4 Å². The lowest BCUT2D eigenvalue weighted by atomic mass is 10.1. The first-order valence-electron chi connectivity index (χ1n) is 8.54. The number of anilines is 2. The Morgan fingerprint density at radius 2 is 1.85 bits per heavy atom. The van der Waals surface area contributed by atoms with E-state index in [4.69, 9.17) is 5.26 Å². The van der Waals surface area contributed by atoms with Crippen molar-refractivity contribution in [3.63, 3.8) is 0 Å². The summed E-state index contributed by atoms with van der Waals surface area (Å²) in [6.07, 6.45) is 0. The highest BCUT2D eigenvalue weighted by molar-refractivity contribution is 6.03. The van der Waals surface area contributed by atoms with Gasteiger partial charge in [-0.2, -0.15) is 5.26 Å². The molecule has 1 aromatic heterocycles. The fourth-order valence-corrected chi connectivity index (χ4v) is 2.63. The van der Waals surface area contributed by atoms with Gasteiger partial charge in [-0.3, -0.25) is 4.79 Å². The Kier molecular flexibility index (Phi) is 5.43. The van der Waals surface area contributed by atoms with Crippen LogP contribution in [0.5, 0.6) is 0 Å². The number of nitriles is 1. The van der Waals surface area contributed by atoms with Crippen molar-refractivity contribution in [3.8, 4) is 6.07 Å². The fraction of sp³-hybridized carbons (Fsp3) is 0.143. The molecule has 6 nitrogen and oxygen atoms in total. The van der Waals surface area contributed by atoms with Crippen molar-refractivity contribution in [1.82, 2.24) is 9.97 Å². The van der Waals surface area contributed by atoms with Crippen LogP contribution in [-0.2, 0) is 0 Å². The summed E-state index contributed by atoms with van der Waals surface area (Å²) >= 11 is 0. The zero-order chi connectivity index (χ0) is 19.2. The number of carbonyl (C=O) groups excluding carboxylic acids is 1. The second-order valence-electron chi connectivity index (χ2n) is 6.14. The highest BCUT2D eigenvalue weighted by atomic mass is 16.1. The number of benzene rings is 2. The monoisotopic (exact) mass is 357 g/mol. The van der Waals surface area contributed by atoms with Gasteiger partial charge in [-0.15, -0.1) is 0 Å². The molecule has 6 heteroatoms. The van der Waals surface area contributed by atoms with Crippen LogP contribution in [0.3, 0.4) is 0 Å². The molecule has 0 aliphatic rings. The molecular weight excluding hydrogens is 338 g/mol. The average molecular weight is 357 g/mol. The van der Waals surface area contributed by atoms with Gasteiger partial charge >= 0.3 is 0 Å². The Bertz CT molecular complexity index is 995. The maximum Gasteiger partial charge on any atom is 0.274 e. The quantitative estimate of drug-likeness (QED) is 0.718. The molecule has 2 aromatic carbocycles. The van der Waals surface area contributed by atoms with Crippen molar-refractivity contribution < 1.29 is 4.79 Å². The fourth-order valence-electron chi connectivity index (χ4n) is 2.63. The number of amides is 1. The summed E-state index contributed by atoms with van der Waals surface area (Å²) in [6, 6.07) is 20.3. The Hall–Kier alpha value is -3.72. The van der Waals surface area contributed by atoms with Gasteiger partial charge < -0.3 is 10.6 Å². The van der Waals surface area contributed by atoms with E-state index in [2.05, 4.69) is 20.6 Å². The van der Waals surface area contributed by atoms with Crippen LogP contribution in [0, 0.1) is 18.3 Å². The molecule has 3 aromatic rings. The topological polar surface area (TPSA) is 90.7 Å². The number of aryl methyl sites for hydroxylation is 1. The molecule has 0 bridgehead atoms. The van der Waals surface area contributed by atoms with Gasteiger partial charge in [-0.25, -0.2) is 9.97 Å². The lowest BCUT2D eigenvalue weighted by molar-refractivity contribution is 0.102. The standard InChI is InChI=1S/C21H19N5O/c1-14-11-19(20(27)25-18-10-6-7-16(12-18)13-22)26-21(23-14)24-15(2)17-8-4-3-5-9-17/h3-12,15H,1-2H3,(H,25,27)(H,23,24,26). The van der Waals surface area contributed by atoms with Gasteiger partial charge in [-0.05, 0) is 43.7 Å². The van der Waals surface area contributed by atoms with E-state index in [0.717, 1.165) is 5.56 Å². The maximum absolute atomic E-state index is 12.6. The number of carbonyl (C=O) groups is 1. The van der Waals surface area contributed by atoms with Crippen LogP contribution in [0.15, 0.2) is 60.7 Å². The van der Waals surface area contributed by atoms with Crippen molar-refractivity contribution in [3.05, 3.63) is 83.2 Å². The van der Waals surface area contributed by atoms with Crippen molar-refractivity contribution in [2.75, 3.05) is 10.6 Å². The first-order chi connectivity index (χ1) is 13.0. The van der Waals surface area contributed by atoms with Gasteiger partial charge in [0, 0.05) is 11.4 Å². The van der Waals surface area contributed by atoms with E-state index in [1.807, 2.05) is 50.2 Å². The molecule has 0 saturated carbocycles. The Morgan fingerprint density at radius 3 is 2.59 bits per heavy atom. The molecule has 1 unspecified atom stereocenters. The molecule has 0 aliphatic carbocycles. The molecule has 1 heterocycles. The number of rotatable bonds is 5. The second kappa shape index (κ2) is 8.11. The lowest BCUT2D eigenvalue weighted by Gasteiger charge is -2.15. The third kappa shape index (κ3) is 4.67. The van der Waals surface area contributed by atoms with Crippen LogP contribution in [0.1, 0.15) is 40.3 Å². The van der Waals surface area contributed by atoms with Crippen LogP contribution in [-0.4, -0.2) is 15.9 Å². The molecule has 134 valence electrons. The largest absolute Gasteiger partial charge is 0.348 e. The summed E-state index contributed by atoms with van der Waals surface area (Å²) in [6.45, 7) is 3.82. The SMILES string of the molecule is Cc1cc(C(=O)Nc2cccc(C#N)c2)nc(NC(C)c2ccccc2)n1. The van der Waals surface area contributed by atoms with Gasteiger partial charge in [0.1, 0.15) is 5.69 Å². The van der Waals surface area contributed by atoms with E-state index in [1.165, 1.54) is 0 Å². The minimum atomic E-state index is -0.356. The molecule has 3 rings (SSSR count). The van der Waals surface area contributed by atoms with Crippen LogP contribution < -0.4 is 10.6 Å². The zero-order valence-corrected chi connectivity index (χ0v) is 15.1. The van der Waals surface area contributed by atoms with E-state index in [9.17, 15) is 4.79 Å². The number of aromatic nitrogens is 2. The minimum Gasteiger partial charge on any atom is -0.348 e. The molecule has 0 spiro atoms. The third-order valence-corrected chi connectivity index (χ3v) is 3.98. The number of nitrogens with one attached hydrogen (secondary N) is 2. The van der Waals surface area contributed by atoms with E-state index in [1.54, 1.807) is 30.3 Å². The average Bonchev–Trinajstić information content (AvgIpc) is 2.68. The van der Waals surface area contributed by atoms with E-state index >= 15 is 0 Å². The highest BCUT2D eigenvalue weighted by Gasteiger charge is 2.13. The summed E-state index contributed by atoms with van der Waals surface area (Å²) in [5.74, 6) is 0.0354. The smallest absolute Gasteiger partial charge is 0.274 e. The van der Waals surface area contributed by atoms with Crippen molar-refractivity contribution in [2.45, 2.75) is 19.9 Å². The summed E-state index contributed by atoms with van der Waals surface area (Å²) in [5, 5.41) is 15.0. The maximum atomic E-state index is 12.6. The summed E-state index contributed by atoms with van der Waals surface area (Å²) in [4.78, 5) is 21.3. The van der Waals surface area contributed by atoms with Gasteiger partial charge in [0.2, 0.25) is 5.95 Å². The summed E-state index contributed by atoms with van der Waals surface area (Å²) in [7, 11) is 0. The predicted octanol–water partition coefficient (Wildman–Crippen LogP) is 4.08. The van der Waals surface area contributed by atoms with Gasteiger partial charge in [0.15, 0.2) is 0 Å². The van der Waals surface area contributed by atoms with E-state index < -0.39 is 0 Å². The van der Waals surface area contributed by atoms with Crippen LogP contribution >= 0.6 is 0 Å². The van der Waals surface area contributed by atoms with E-state index in [-0.39, 0.29) is 17.6 Å². The van der Waals surface area contributed by atoms with E-state index in [0.29, 0.717) is 22.9 Å². The summed E-state index contributed by atoms with van der Waals surface area (Å²) in [5.41, 5.74) is 3.06. The molecule has 0 aliphatic heterocycles. The molecule has 27 heavy (non-hydrogen) atoms. The minimum absolute atomic E-state index is 0.00350. The molecule has 0 radical (unpaired) electrons. The number of hydrogen-bond acceptors (Lipinski definition) is 5.